The van der Waals surface area contributed by atoms with Crippen molar-refractivity contribution in [2.45, 2.75) is 33.2 Å². The van der Waals surface area contributed by atoms with Gasteiger partial charge < -0.3 is 10.2 Å². The van der Waals surface area contributed by atoms with Gasteiger partial charge in [0.15, 0.2) is 0 Å². The Kier molecular flexibility index (Phi) is 4.23. The van der Waals surface area contributed by atoms with Crippen LogP contribution in [0.2, 0.25) is 0 Å². The predicted molar refractivity (Wildman–Crippen MR) is 82.3 cm³/mol. The Morgan fingerprint density at radius 3 is 2.42 bits per heavy atom. The van der Waals surface area contributed by atoms with Crippen molar-refractivity contribution in [2.24, 2.45) is 5.73 Å². The van der Waals surface area contributed by atoms with Gasteiger partial charge in [0.05, 0.1) is 0 Å². The maximum atomic E-state index is 6.07. The first-order valence-corrected chi connectivity index (χ1v) is 6.96. The molecule has 0 aliphatic heterocycles. The Hall–Kier alpha value is -1.80. The van der Waals surface area contributed by atoms with Gasteiger partial charge in [-0.15, -0.1) is 0 Å². The van der Waals surface area contributed by atoms with Gasteiger partial charge in [0, 0.05) is 16.8 Å². The van der Waals surface area contributed by atoms with Gasteiger partial charge in [-0.1, -0.05) is 45.0 Å². The zero-order chi connectivity index (χ0) is 13.8. The topological polar surface area (TPSA) is 39.2 Å². The Bertz CT molecular complexity index is 669. The number of benzene rings is 2. The highest BCUT2D eigenvalue weighted by atomic mass is 16.3. The van der Waals surface area contributed by atoms with Crippen LogP contribution in [-0.2, 0) is 0 Å². The summed E-state index contributed by atoms with van der Waals surface area (Å²) < 4.78 is 5.78. The van der Waals surface area contributed by atoms with E-state index in [4.69, 9.17) is 10.2 Å². The molecule has 0 saturated heterocycles. The molecule has 0 bridgehead atoms. The van der Waals surface area contributed by atoms with Crippen molar-refractivity contribution in [3.05, 3.63) is 48.0 Å². The first-order chi connectivity index (χ1) is 9.29. The molecular weight excluding hydrogens is 234 g/mol. The molecule has 2 aromatic carbocycles. The molecule has 1 aromatic heterocycles. The zero-order valence-corrected chi connectivity index (χ0v) is 11.8. The molecule has 3 aromatic rings. The van der Waals surface area contributed by atoms with Gasteiger partial charge in [-0.3, -0.25) is 0 Å². The zero-order valence-electron chi connectivity index (χ0n) is 11.8. The fourth-order valence-corrected chi connectivity index (χ4v) is 2.21. The summed E-state index contributed by atoms with van der Waals surface area (Å²) in [5.41, 5.74) is 9.10. The summed E-state index contributed by atoms with van der Waals surface area (Å²) >= 11 is 0. The second-order valence-corrected chi connectivity index (χ2v) is 4.37. The lowest BCUT2D eigenvalue weighted by atomic mass is 10.0. The summed E-state index contributed by atoms with van der Waals surface area (Å²) in [6, 6.07) is 14.4. The summed E-state index contributed by atoms with van der Waals surface area (Å²) in [7, 11) is 0. The molecule has 1 heterocycles. The average molecular weight is 255 g/mol. The van der Waals surface area contributed by atoms with Crippen molar-refractivity contribution < 1.29 is 4.42 Å². The van der Waals surface area contributed by atoms with Crippen molar-refractivity contribution in [1.29, 1.82) is 0 Å². The molecule has 1 unspecified atom stereocenters. The van der Waals surface area contributed by atoms with E-state index >= 15 is 0 Å². The van der Waals surface area contributed by atoms with Crippen molar-refractivity contribution in [1.82, 2.24) is 0 Å². The van der Waals surface area contributed by atoms with Crippen LogP contribution in [0.4, 0.5) is 0 Å². The van der Waals surface area contributed by atoms with Crippen LogP contribution in [0, 0.1) is 0 Å². The summed E-state index contributed by atoms with van der Waals surface area (Å²) in [6.45, 7) is 6.10. The molecule has 0 aliphatic carbocycles. The fourth-order valence-electron chi connectivity index (χ4n) is 2.21. The van der Waals surface area contributed by atoms with E-state index in [1.807, 2.05) is 38.1 Å². The Morgan fingerprint density at radius 2 is 1.68 bits per heavy atom. The summed E-state index contributed by atoms with van der Waals surface area (Å²) in [5.74, 6) is 0. The van der Waals surface area contributed by atoms with Gasteiger partial charge in [-0.05, 0) is 30.2 Å². The number of fused-ring (bicyclic) bond motifs is 3. The van der Waals surface area contributed by atoms with Crippen LogP contribution in [-0.4, -0.2) is 0 Å². The lowest BCUT2D eigenvalue weighted by Crippen LogP contribution is -2.07. The second-order valence-electron chi connectivity index (χ2n) is 4.37. The minimum absolute atomic E-state index is 0.105. The summed E-state index contributed by atoms with van der Waals surface area (Å²) in [4.78, 5) is 0. The van der Waals surface area contributed by atoms with Crippen LogP contribution in [0.1, 0.15) is 38.8 Å². The Morgan fingerprint density at radius 1 is 1.00 bits per heavy atom. The molecule has 19 heavy (non-hydrogen) atoms. The molecule has 0 aliphatic rings. The van der Waals surface area contributed by atoms with Crippen LogP contribution < -0.4 is 5.73 Å². The molecule has 0 spiro atoms. The second kappa shape index (κ2) is 5.89. The van der Waals surface area contributed by atoms with Crippen molar-refractivity contribution in [3.63, 3.8) is 0 Å². The Balaban J connectivity index is 0.000000637. The molecule has 0 saturated carbocycles. The quantitative estimate of drug-likeness (QED) is 0.698. The largest absolute Gasteiger partial charge is 0.456 e. The monoisotopic (exact) mass is 255 g/mol. The predicted octanol–water partition coefficient (Wildman–Crippen LogP) is 5.02. The van der Waals surface area contributed by atoms with Gasteiger partial charge in [0.25, 0.3) is 0 Å². The molecule has 2 nitrogen and oxygen atoms in total. The van der Waals surface area contributed by atoms with Crippen LogP contribution in [0.15, 0.2) is 46.9 Å². The number of nitrogens with two attached hydrogens (primary N) is 1. The van der Waals surface area contributed by atoms with Crippen molar-refractivity contribution >= 4 is 21.9 Å². The normalized spacial score (nSPS) is 12.2. The van der Waals surface area contributed by atoms with Crippen LogP contribution in [0.3, 0.4) is 0 Å². The number of hydrogen-bond acceptors (Lipinski definition) is 2. The van der Waals surface area contributed by atoms with E-state index in [9.17, 15) is 0 Å². The third-order valence-corrected chi connectivity index (χ3v) is 3.27. The molecule has 2 N–H and O–H groups in total. The first-order valence-electron chi connectivity index (χ1n) is 6.96. The average Bonchev–Trinajstić information content (AvgIpc) is 2.86. The molecule has 0 radical (unpaired) electrons. The number of hydrogen-bond donors (Lipinski definition) is 1. The molecule has 2 heteroatoms. The third kappa shape index (κ3) is 2.49. The molecule has 3 rings (SSSR count). The van der Waals surface area contributed by atoms with Crippen LogP contribution in [0.25, 0.3) is 21.9 Å². The highest BCUT2D eigenvalue weighted by Crippen LogP contribution is 2.30. The van der Waals surface area contributed by atoms with E-state index < -0.39 is 0 Å². The third-order valence-electron chi connectivity index (χ3n) is 3.27. The fraction of sp³-hybridized carbons (Fsp3) is 0.294. The first kappa shape index (κ1) is 13.6. The molecule has 1 atom stereocenters. The molecular formula is C17H21NO. The summed E-state index contributed by atoms with van der Waals surface area (Å²) in [5, 5.41) is 2.31. The number of rotatable bonds is 2. The van der Waals surface area contributed by atoms with Crippen LogP contribution >= 0.6 is 0 Å². The smallest absolute Gasteiger partial charge is 0.135 e. The van der Waals surface area contributed by atoms with Crippen LogP contribution in [0.5, 0.6) is 0 Å². The van der Waals surface area contributed by atoms with Gasteiger partial charge in [0.1, 0.15) is 11.2 Å². The molecule has 0 amide bonds. The van der Waals surface area contributed by atoms with E-state index in [2.05, 4.69) is 25.1 Å². The minimum Gasteiger partial charge on any atom is -0.456 e. The number of para-hydroxylation sites is 1. The SMILES string of the molecule is CC.CCC(N)c1ccc2oc3ccccc3c2c1. The van der Waals surface area contributed by atoms with Crippen molar-refractivity contribution in [3.8, 4) is 0 Å². The summed E-state index contributed by atoms with van der Waals surface area (Å²) in [6.07, 6.45) is 0.946. The molecule has 100 valence electrons. The molecule has 0 fully saturated rings. The highest BCUT2D eigenvalue weighted by Gasteiger charge is 2.09. The van der Waals surface area contributed by atoms with E-state index in [1.54, 1.807) is 0 Å². The van der Waals surface area contributed by atoms with Gasteiger partial charge in [0.2, 0.25) is 0 Å². The maximum absolute atomic E-state index is 6.07. The van der Waals surface area contributed by atoms with E-state index in [0.29, 0.717) is 0 Å². The van der Waals surface area contributed by atoms with Gasteiger partial charge in [-0.2, -0.15) is 0 Å². The standard InChI is InChI=1S/C15H15NO.C2H6/c1-2-13(16)10-7-8-15-12(9-10)11-5-3-4-6-14(11)17-15;1-2/h3-9,13H,2,16H2,1H3;1-2H3. The lowest BCUT2D eigenvalue weighted by molar-refractivity contribution is 0.667. The van der Waals surface area contributed by atoms with Crippen molar-refractivity contribution in [2.75, 3.05) is 0 Å². The van der Waals surface area contributed by atoms with E-state index in [-0.39, 0.29) is 6.04 Å². The lowest BCUT2D eigenvalue weighted by Gasteiger charge is -2.08. The van der Waals surface area contributed by atoms with Gasteiger partial charge >= 0.3 is 0 Å². The maximum Gasteiger partial charge on any atom is 0.135 e. The Labute approximate surface area is 114 Å². The highest BCUT2D eigenvalue weighted by molar-refractivity contribution is 6.04. The van der Waals surface area contributed by atoms with E-state index in [0.717, 1.165) is 28.4 Å². The number of furan rings is 1. The van der Waals surface area contributed by atoms with Gasteiger partial charge in [-0.25, -0.2) is 0 Å². The minimum atomic E-state index is 0.105. The van der Waals surface area contributed by atoms with E-state index in [1.165, 1.54) is 5.56 Å².